The predicted molar refractivity (Wildman–Crippen MR) is 87.7 cm³/mol. The number of thioether (sulfide) groups is 1. The number of urea groups is 1. The van der Waals surface area contributed by atoms with Crippen LogP contribution < -0.4 is 16.0 Å². The molecule has 2 saturated heterocycles. The number of hydrogen-bond acceptors (Lipinski definition) is 4. The van der Waals surface area contributed by atoms with E-state index in [1.54, 1.807) is 0 Å². The van der Waals surface area contributed by atoms with Crippen molar-refractivity contribution in [3.05, 3.63) is 0 Å². The fourth-order valence-corrected chi connectivity index (χ4v) is 4.46. The highest BCUT2D eigenvalue weighted by atomic mass is 32.2. The lowest BCUT2D eigenvalue weighted by Crippen LogP contribution is -2.42. The van der Waals surface area contributed by atoms with Gasteiger partial charge in [0.25, 0.3) is 0 Å². The Morgan fingerprint density at radius 3 is 2.82 bits per heavy atom. The lowest BCUT2D eigenvalue weighted by Gasteiger charge is -2.19. The quantitative estimate of drug-likeness (QED) is 0.712. The van der Waals surface area contributed by atoms with Gasteiger partial charge in [-0.25, -0.2) is 4.79 Å². The minimum atomic E-state index is -0.0663. The maximum atomic E-state index is 12.3. The smallest absolute Gasteiger partial charge is 0.315 e. The summed E-state index contributed by atoms with van der Waals surface area (Å²) in [6.45, 7) is 2.32. The average molecular weight is 326 g/mol. The molecule has 2 aliphatic heterocycles. The molecular weight excluding hydrogens is 300 g/mol. The largest absolute Gasteiger partial charge is 0.338 e. The second-order valence-corrected chi connectivity index (χ2v) is 7.61. The van der Waals surface area contributed by atoms with Crippen LogP contribution in [-0.4, -0.2) is 60.2 Å². The fraction of sp³-hybridized carbons (Fsp3) is 0.867. The molecule has 3 fully saturated rings. The number of carbonyl (C=O) groups is 2. The summed E-state index contributed by atoms with van der Waals surface area (Å²) >= 11 is 1.81. The van der Waals surface area contributed by atoms with Crippen LogP contribution in [-0.2, 0) is 4.79 Å². The summed E-state index contributed by atoms with van der Waals surface area (Å²) in [5.74, 6) is 2.44. The summed E-state index contributed by atoms with van der Waals surface area (Å²) in [6, 6.07) is 0.227. The Balaban J connectivity index is 1.35. The minimum Gasteiger partial charge on any atom is -0.338 e. The molecule has 0 aromatic heterocycles. The van der Waals surface area contributed by atoms with Gasteiger partial charge in [-0.15, -0.1) is 11.8 Å². The van der Waals surface area contributed by atoms with Gasteiger partial charge in [0.1, 0.15) is 0 Å². The maximum absolute atomic E-state index is 12.3. The Morgan fingerprint density at radius 1 is 1.27 bits per heavy atom. The zero-order valence-corrected chi connectivity index (χ0v) is 13.8. The predicted octanol–water partition coefficient (Wildman–Crippen LogP) is 0.739. The van der Waals surface area contributed by atoms with Gasteiger partial charge < -0.3 is 20.9 Å². The van der Waals surface area contributed by atoms with Crippen LogP contribution in [0.15, 0.2) is 0 Å². The van der Waals surface area contributed by atoms with E-state index in [9.17, 15) is 9.59 Å². The van der Waals surface area contributed by atoms with E-state index in [0.29, 0.717) is 18.5 Å². The molecular formula is C15H26N4O2S. The van der Waals surface area contributed by atoms with E-state index in [1.165, 1.54) is 12.8 Å². The molecule has 1 aliphatic carbocycles. The Labute approximate surface area is 136 Å². The van der Waals surface area contributed by atoms with Crippen molar-refractivity contribution in [3.63, 3.8) is 0 Å². The number of nitrogens with zero attached hydrogens (tertiary/aromatic N) is 1. The SMILES string of the molecule is O=C(NC[C@@H]1CN[C@H](C(=O)N2CCSC2)C1)NC1CCCC1. The maximum Gasteiger partial charge on any atom is 0.315 e. The third-order valence-corrected chi connectivity index (χ3v) is 5.79. The highest BCUT2D eigenvalue weighted by Gasteiger charge is 2.33. The first kappa shape index (κ1) is 15.9. The molecule has 3 rings (SSSR count). The Kier molecular flexibility index (Phi) is 5.46. The number of hydrogen-bond donors (Lipinski definition) is 3. The first-order chi connectivity index (χ1) is 10.7. The van der Waals surface area contributed by atoms with Gasteiger partial charge >= 0.3 is 6.03 Å². The average Bonchev–Trinajstić information content (AvgIpc) is 3.26. The van der Waals surface area contributed by atoms with E-state index >= 15 is 0 Å². The normalized spacial score (nSPS) is 29.0. The van der Waals surface area contributed by atoms with E-state index in [0.717, 1.165) is 44.0 Å². The van der Waals surface area contributed by atoms with Crippen LogP contribution >= 0.6 is 11.8 Å². The zero-order chi connectivity index (χ0) is 15.4. The van der Waals surface area contributed by atoms with Crippen LogP contribution in [0.3, 0.4) is 0 Å². The molecule has 2 atom stereocenters. The van der Waals surface area contributed by atoms with Crippen molar-refractivity contribution in [1.82, 2.24) is 20.9 Å². The van der Waals surface area contributed by atoms with Gasteiger partial charge in [0.05, 0.1) is 11.9 Å². The topological polar surface area (TPSA) is 73.5 Å². The van der Waals surface area contributed by atoms with Crippen molar-refractivity contribution in [2.75, 3.05) is 31.3 Å². The minimum absolute atomic E-state index is 0.0578. The molecule has 3 N–H and O–H groups in total. The monoisotopic (exact) mass is 326 g/mol. The lowest BCUT2D eigenvalue weighted by molar-refractivity contribution is -0.131. The summed E-state index contributed by atoms with van der Waals surface area (Å²) in [6.07, 6.45) is 5.46. The zero-order valence-electron chi connectivity index (χ0n) is 13.0. The van der Waals surface area contributed by atoms with Crippen molar-refractivity contribution in [1.29, 1.82) is 0 Å². The van der Waals surface area contributed by atoms with E-state index in [4.69, 9.17) is 0 Å². The molecule has 3 amide bonds. The van der Waals surface area contributed by atoms with E-state index < -0.39 is 0 Å². The van der Waals surface area contributed by atoms with Crippen LogP contribution in [0, 0.1) is 5.92 Å². The second-order valence-electron chi connectivity index (χ2n) is 6.54. The number of amides is 3. The van der Waals surface area contributed by atoms with Gasteiger partial charge in [-0.1, -0.05) is 12.8 Å². The van der Waals surface area contributed by atoms with Gasteiger partial charge in [0.2, 0.25) is 5.91 Å². The molecule has 0 aromatic carbocycles. The molecule has 0 bridgehead atoms. The van der Waals surface area contributed by atoms with Crippen molar-refractivity contribution >= 4 is 23.7 Å². The summed E-state index contributed by atoms with van der Waals surface area (Å²) in [5.41, 5.74) is 0. The van der Waals surface area contributed by atoms with Crippen molar-refractivity contribution in [2.24, 2.45) is 5.92 Å². The summed E-state index contributed by atoms with van der Waals surface area (Å²) in [5, 5.41) is 9.30. The molecule has 0 radical (unpaired) electrons. The molecule has 2 heterocycles. The molecule has 0 aromatic rings. The van der Waals surface area contributed by atoms with Gasteiger partial charge in [0.15, 0.2) is 0 Å². The highest BCUT2D eigenvalue weighted by molar-refractivity contribution is 7.99. The van der Waals surface area contributed by atoms with Crippen molar-refractivity contribution in [3.8, 4) is 0 Å². The molecule has 1 saturated carbocycles. The Bertz CT molecular complexity index is 408. The van der Waals surface area contributed by atoms with Crippen LogP contribution in [0.25, 0.3) is 0 Å². The van der Waals surface area contributed by atoms with E-state index in [-0.39, 0.29) is 18.0 Å². The number of carbonyl (C=O) groups excluding carboxylic acids is 2. The molecule has 0 unspecified atom stereocenters. The molecule has 6 nitrogen and oxygen atoms in total. The first-order valence-corrected chi connectivity index (χ1v) is 9.52. The summed E-state index contributed by atoms with van der Waals surface area (Å²) in [7, 11) is 0. The molecule has 22 heavy (non-hydrogen) atoms. The number of nitrogens with one attached hydrogen (secondary N) is 3. The summed E-state index contributed by atoms with van der Waals surface area (Å²) in [4.78, 5) is 26.1. The summed E-state index contributed by atoms with van der Waals surface area (Å²) < 4.78 is 0. The van der Waals surface area contributed by atoms with Crippen molar-refractivity contribution < 1.29 is 9.59 Å². The molecule has 7 heteroatoms. The van der Waals surface area contributed by atoms with E-state index in [2.05, 4.69) is 16.0 Å². The molecule has 3 aliphatic rings. The fourth-order valence-electron chi connectivity index (χ4n) is 3.50. The molecule has 124 valence electrons. The van der Waals surface area contributed by atoms with Crippen LogP contribution in [0.2, 0.25) is 0 Å². The third-order valence-electron chi connectivity index (χ3n) is 4.83. The van der Waals surface area contributed by atoms with Crippen LogP contribution in [0.1, 0.15) is 32.1 Å². The van der Waals surface area contributed by atoms with Crippen LogP contribution in [0.5, 0.6) is 0 Å². The van der Waals surface area contributed by atoms with Gasteiger partial charge in [-0.2, -0.15) is 0 Å². The van der Waals surface area contributed by atoms with E-state index in [1.807, 2.05) is 16.7 Å². The highest BCUT2D eigenvalue weighted by Crippen LogP contribution is 2.20. The van der Waals surface area contributed by atoms with Gasteiger partial charge in [-0.3, -0.25) is 4.79 Å². The van der Waals surface area contributed by atoms with Gasteiger partial charge in [-0.05, 0) is 25.2 Å². The van der Waals surface area contributed by atoms with Crippen molar-refractivity contribution in [2.45, 2.75) is 44.2 Å². The standard InChI is InChI=1S/C15H26N4O2S/c20-14(19-5-6-22-10-19)13-7-11(8-16-13)9-17-15(21)18-12-3-1-2-4-12/h11-13,16H,1-10H2,(H2,17,18,21)/t11-,13-/m0/s1. The Morgan fingerprint density at radius 2 is 2.09 bits per heavy atom. The lowest BCUT2D eigenvalue weighted by atomic mass is 10.1. The molecule has 0 spiro atoms. The Hall–Kier alpha value is -0.950. The third kappa shape index (κ3) is 4.07. The van der Waals surface area contributed by atoms with Crippen LogP contribution in [0.4, 0.5) is 4.79 Å². The van der Waals surface area contributed by atoms with Gasteiger partial charge in [0, 0.05) is 31.4 Å². The number of rotatable bonds is 4. The second kappa shape index (κ2) is 7.55. The first-order valence-electron chi connectivity index (χ1n) is 8.36.